The van der Waals surface area contributed by atoms with Crippen molar-refractivity contribution in [2.24, 2.45) is 0 Å². The normalized spacial score (nSPS) is 15.7. The summed E-state index contributed by atoms with van der Waals surface area (Å²) in [5.74, 6) is 0.166. The summed E-state index contributed by atoms with van der Waals surface area (Å²) in [5.41, 5.74) is 7.47. The number of fused-ring (bicyclic) bond motifs is 1. The number of aromatic nitrogens is 1. The Morgan fingerprint density at radius 2 is 1.91 bits per heavy atom. The minimum absolute atomic E-state index is 0.0337. The number of para-hydroxylation sites is 1. The number of aromatic amines is 1. The molecule has 3 aromatic rings. The Bertz CT molecular complexity index is 1060. The molecule has 1 aliphatic rings. The number of benzene rings is 2. The Morgan fingerprint density at radius 3 is 2.66 bits per heavy atom. The molecule has 1 aromatic heterocycles. The molecule has 4 heteroatoms. The third kappa shape index (κ3) is 5.07. The molecule has 1 atom stereocenters. The molecule has 0 saturated carbocycles. The van der Waals surface area contributed by atoms with E-state index in [1.165, 1.54) is 58.0 Å². The van der Waals surface area contributed by atoms with Gasteiger partial charge in [0.15, 0.2) is 0 Å². The van der Waals surface area contributed by atoms with E-state index in [0.29, 0.717) is 6.42 Å². The third-order valence-electron chi connectivity index (χ3n) is 6.98. The van der Waals surface area contributed by atoms with E-state index in [2.05, 4.69) is 78.6 Å². The summed E-state index contributed by atoms with van der Waals surface area (Å²) < 4.78 is 0. The average Bonchev–Trinajstić information content (AvgIpc) is 3.23. The van der Waals surface area contributed by atoms with Crippen LogP contribution in [0.3, 0.4) is 0 Å². The van der Waals surface area contributed by atoms with Gasteiger partial charge in [0.25, 0.3) is 0 Å². The van der Waals surface area contributed by atoms with Crippen molar-refractivity contribution >= 4 is 16.8 Å². The number of aryl methyl sites for hydroxylation is 3. The van der Waals surface area contributed by atoms with Gasteiger partial charge in [-0.3, -0.25) is 4.79 Å². The molecule has 4 rings (SSSR count). The lowest BCUT2D eigenvalue weighted by molar-refractivity contribution is -0.121. The highest BCUT2D eigenvalue weighted by atomic mass is 16.1. The van der Waals surface area contributed by atoms with Crippen molar-refractivity contribution in [1.82, 2.24) is 15.2 Å². The second kappa shape index (κ2) is 10.4. The first-order chi connectivity index (χ1) is 15.6. The van der Waals surface area contributed by atoms with Gasteiger partial charge in [-0.25, -0.2) is 0 Å². The Kier molecular flexibility index (Phi) is 7.31. The number of H-pyrrole nitrogens is 1. The first-order valence-electron chi connectivity index (χ1n) is 12.2. The van der Waals surface area contributed by atoms with E-state index in [1.54, 1.807) is 0 Å². The summed E-state index contributed by atoms with van der Waals surface area (Å²) in [6.07, 6.45) is 7.47. The predicted octanol–water partition coefficient (Wildman–Crippen LogP) is 5.47. The Balaban J connectivity index is 1.57. The highest BCUT2D eigenvalue weighted by molar-refractivity contribution is 5.88. The molecule has 1 unspecified atom stereocenters. The first-order valence-corrected chi connectivity index (χ1v) is 12.2. The maximum absolute atomic E-state index is 13.1. The van der Waals surface area contributed by atoms with Crippen LogP contribution in [0, 0.1) is 13.8 Å². The van der Waals surface area contributed by atoms with E-state index in [9.17, 15) is 4.79 Å². The van der Waals surface area contributed by atoms with E-state index < -0.39 is 0 Å². The van der Waals surface area contributed by atoms with Crippen molar-refractivity contribution in [3.05, 3.63) is 70.4 Å². The van der Waals surface area contributed by atoms with E-state index in [4.69, 9.17) is 0 Å². The van der Waals surface area contributed by atoms with E-state index in [1.807, 2.05) is 0 Å². The SMILES string of the molecule is CCc1cccc2c(C(CC(=O)NCCN3CCCCC3)c3ccc(C)cc3C)c[nH]c12. The Labute approximate surface area is 192 Å². The molecular formula is C28H37N3O. The quantitative estimate of drug-likeness (QED) is 0.497. The van der Waals surface area contributed by atoms with Crippen LogP contribution in [-0.2, 0) is 11.2 Å². The van der Waals surface area contributed by atoms with Crippen molar-refractivity contribution in [2.75, 3.05) is 26.2 Å². The van der Waals surface area contributed by atoms with Crippen molar-refractivity contribution in [3.63, 3.8) is 0 Å². The second-order valence-corrected chi connectivity index (χ2v) is 9.31. The Hall–Kier alpha value is -2.59. The van der Waals surface area contributed by atoms with Crippen LogP contribution in [-0.4, -0.2) is 42.0 Å². The largest absolute Gasteiger partial charge is 0.361 e. The summed E-state index contributed by atoms with van der Waals surface area (Å²) in [7, 11) is 0. The van der Waals surface area contributed by atoms with Gasteiger partial charge in [0, 0.05) is 42.5 Å². The molecule has 1 amide bonds. The molecule has 32 heavy (non-hydrogen) atoms. The smallest absolute Gasteiger partial charge is 0.220 e. The molecule has 1 fully saturated rings. The van der Waals surface area contributed by atoms with E-state index in [-0.39, 0.29) is 11.8 Å². The van der Waals surface area contributed by atoms with Gasteiger partial charge in [-0.15, -0.1) is 0 Å². The maximum Gasteiger partial charge on any atom is 0.220 e. The average molecular weight is 432 g/mol. The summed E-state index contributed by atoms with van der Waals surface area (Å²) in [4.78, 5) is 19.0. The van der Waals surface area contributed by atoms with Gasteiger partial charge in [0.1, 0.15) is 0 Å². The fourth-order valence-electron chi connectivity index (χ4n) is 5.22. The molecule has 0 radical (unpaired) electrons. The molecule has 2 heterocycles. The molecule has 0 bridgehead atoms. The molecule has 170 valence electrons. The molecule has 0 spiro atoms. The number of amides is 1. The van der Waals surface area contributed by atoms with Crippen LogP contribution in [0.2, 0.25) is 0 Å². The maximum atomic E-state index is 13.1. The number of hydrogen-bond donors (Lipinski definition) is 2. The van der Waals surface area contributed by atoms with Crippen molar-refractivity contribution in [2.45, 2.75) is 58.8 Å². The van der Waals surface area contributed by atoms with Crippen LogP contribution in [0.25, 0.3) is 10.9 Å². The van der Waals surface area contributed by atoms with Crippen molar-refractivity contribution < 1.29 is 4.79 Å². The third-order valence-corrected chi connectivity index (χ3v) is 6.98. The molecule has 1 aliphatic heterocycles. The van der Waals surface area contributed by atoms with Crippen LogP contribution in [0.1, 0.15) is 66.3 Å². The number of likely N-dealkylation sites (tertiary alicyclic amines) is 1. The van der Waals surface area contributed by atoms with Crippen molar-refractivity contribution in [3.8, 4) is 0 Å². The summed E-state index contributed by atoms with van der Waals surface area (Å²) >= 11 is 0. The van der Waals surface area contributed by atoms with Crippen LogP contribution < -0.4 is 5.32 Å². The highest BCUT2D eigenvalue weighted by Crippen LogP contribution is 2.36. The van der Waals surface area contributed by atoms with Gasteiger partial charge in [-0.05, 0) is 68.5 Å². The second-order valence-electron chi connectivity index (χ2n) is 9.31. The van der Waals surface area contributed by atoms with Gasteiger partial charge in [0.2, 0.25) is 5.91 Å². The monoisotopic (exact) mass is 431 g/mol. The number of rotatable bonds is 8. The lowest BCUT2D eigenvalue weighted by atomic mass is 9.85. The van der Waals surface area contributed by atoms with Crippen LogP contribution in [0.4, 0.5) is 0 Å². The zero-order valence-electron chi connectivity index (χ0n) is 19.8. The minimum atomic E-state index is 0.0337. The van der Waals surface area contributed by atoms with Gasteiger partial charge in [-0.2, -0.15) is 0 Å². The molecule has 1 saturated heterocycles. The number of nitrogens with zero attached hydrogens (tertiary/aromatic N) is 1. The minimum Gasteiger partial charge on any atom is -0.361 e. The standard InChI is InChI=1S/C28H37N3O/c1-4-22-9-8-10-24-26(19-30-28(22)24)25(23-12-11-20(2)17-21(23)3)18-27(32)29-13-16-31-14-6-5-7-15-31/h8-12,17,19,25,30H,4-7,13-16,18H2,1-3H3,(H,29,32). The number of nitrogens with one attached hydrogen (secondary N) is 2. The number of hydrogen-bond acceptors (Lipinski definition) is 2. The van der Waals surface area contributed by atoms with Gasteiger partial charge >= 0.3 is 0 Å². The number of carbonyl (C=O) groups excluding carboxylic acids is 1. The van der Waals surface area contributed by atoms with Crippen LogP contribution in [0.15, 0.2) is 42.6 Å². The lowest BCUT2D eigenvalue weighted by Gasteiger charge is -2.26. The summed E-state index contributed by atoms with van der Waals surface area (Å²) in [6.45, 7) is 10.5. The lowest BCUT2D eigenvalue weighted by Crippen LogP contribution is -2.38. The van der Waals surface area contributed by atoms with Crippen LogP contribution in [0.5, 0.6) is 0 Å². The Morgan fingerprint density at radius 1 is 1.09 bits per heavy atom. The van der Waals surface area contributed by atoms with Gasteiger partial charge in [-0.1, -0.05) is 55.3 Å². The van der Waals surface area contributed by atoms with E-state index in [0.717, 1.165) is 32.6 Å². The zero-order valence-corrected chi connectivity index (χ0v) is 19.8. The number of piperidine rings is 1. The first kappa shape index (κ1) is 22.6. The van der Waals surface area contributed by atoms with Crippen molar-refractivity contribution in [1.29, 1.82) is 0 Å². The fourth-order valence-corrected chi connectivity index (χ4v) is 5.22. The molecule has 0 aliphatic carbocycles. The number of carbonyl (C=O) groups is 1. The summed E-state index contributed by atoms with van der Waals surface area (Å²) in [5, 5.41) is 4.43. The summed E-state index contributed by atoms with van der Waals surface area (Å²) in [6, 6.07) is 13.1. The fraction of sp³-hybridized carbons (Fsp3) is 0.464. The van der Waals surface area contributed by atoms with Gasteiger partial charge in [0.05, 0.1) is 0 Å². The highest BCUT2D eigenvalue weighted by Gasteiger charge is 2.23. The predicted molar refractivity (Wildman–Crippen MR) is 133 cm³/mol. The van der Waals surface area contributed by atoms with E-state index >= 15 is 0 Å². The van der Waals surface area contributed by atoms with Gasteiger partial charge < -0.3 is 15.2 Å². The van der Waals surface area contributed by atoms with Crippen LogP contribution >= 0.6 is 0 Å². The molecular weight excluding hydrogens is 394 g/mol. The molecule has 4 nitrogen and oxygen atoms in total. The molecule has 2 aromatic carbocycles. The molecule has 2 N–H and O–H groups in total. The zero-order chi connectivity index (χ0) is 22.5. The topological polar surface area (TPSA) is 48.1 Å².